The zero-order chi connectivity index (χ0) is 26.2. The Bertz CT molecular complexity index is 1070. The molecule has 7 aliphatic rings. The molecule has 0 aromatic rings. The number of aliphatic hydroxyl groups is 1. The van der Waals surface area contributed by atoms with Crippen LogP contribution in [0.1, 0.15) is 66.2 Å². The van der Waals surface area contributed by atoms with Crippen LogP contribution >= 0.6 is 0 Å². The molecule has 7 rings (SSSR count). The lowest BCUT2D eigenvalue weighted by Crippen LogP contribution is -2.93. The van der Waals surface area contributed by atoms with Gasteiger partial charge in [0.2, 0.25) is 0 Å². The Kier molecular flexibility index (Phi) is 5.83. The fourth-order valence-corrected chi connectivity index (χ4v) is 9.18. The van der Waals surface area contributed by atoms with Crippen LogP contribution in [-0.4, -0.2) is 60.3 Å². The van der Waals surface area contributed by atoms with Gasteiger partial charge in [0.05, 0.1) is 30.5 Å². The lowest BCUT2D eigenvalue weighted by atomic mass is 9.20. The van der Waals surface area contributed by atoms with Crippen molar-refractivity contribution in [3.63, 3.8) is 0 Å². The van der Waals surface area contributed by atoms with Gasteiger partial charge in [-0.1, -0.05) is 37.6 Å². The molecule has 37 heavy (non-hydrogen) atoms. The molecule has 2 saturated heterocycles. The second-order valence-electron chi connectivity index (χ2n) is 12.7. The second-order valence-corrected chi connectivity index (χ2v) is 12.7. The highest BCUT2D eigenvalue weighted by atomic mass is 16.6. The van der Waals surface area contributed by atoms with E-state index in [0.29, 0.717) is 25.9 Å². The van der Waals surface area contributed by atoms with Gasteiger partial charge in [-0.15, -0.1) is 0 Å². The van der Waals surface area contributed by atoms with Crippen molar-refractivity contribution in [2.24, 2.45) is 28.1 Å². The summed E-state index contributed by atoms with van der Waals surface area (Å²) in [6, 6.07) is 0. The van der Waals surface area contributed by atoms with Gasteiger partial charge in [-0.25, -0.2) is 9.59 Å². The Morgan fingerprint density at radius 1 is 1.08 bits per heavy atom. The molecular weight excluding hydrogens is 472 g/mol. The number of carbonyl (C=O) groups is 2. The van der Waals surface area contributed by atoms with Crippen LogP contribution < -0.4 is 0 Å². The van der Waals surface area contributed by atoms with Crippen molar-refractivity contribution in [1.29, 1.82) is 0 Å². The molecule has 7 nitrogen and oxygen atoms in total. The number of hydrogen-bond donors (Lipinski definition) is 1. The average molecular weight is 513 g/mol. The Balaban J connectivity index is 1.37. The highest BCUT2D eigenvalue weighted by Crippen LogP contribution is 2.87. The summed E-state index contributed by atoms with van der Waals surface area (Å²) in [4.78, 5) is 25.9. The van der Waals surface area contributed by atoms with E-state index in [2.05, 4.69) is 6.92 Å². The van der Waals surface area contributed by atoms with Gasteiger partial charge >= 0.3 is 11.9 Å². The third-order valence-corrected chi connectivity index (χ3v) is 11.3. The van der Waals surface area contributed by atoms with E-state index in [1.54, 1.807) is 12.2 Å². The van der Waals surface area contributed by atoms with E-state index in [1.165, 1.54) is 6.08 Å². The summed E-state index contributed by atoms with van der Waals surface area (Å²) in [6.45, 7) is 8.82. The first-order chi connectivity index (χ1) is 17.6. The number of carbonyl (C=O) groups excluding carboxylic acids is 2. The zero-order valence-electron chi connectivity index (χ0n) is 22.4. The highest BCUT2D eigenvalue weighted by molar-refractivity contribution is 5.83. The molecule has 202 valence electrons. The lowest BCUT2D eigenvalue weighted by molar-refractivity contribution is -0.496. The van der Waals surface area contributed by atoms with Crippen LogP contribution in [0.5, 0.6) is 0 Å². The Morgan fingerprint density at radius 2 is 1.89 bits per heavy atom. The van der Waals surface area contributed by atoms with Crippen LogP contribution in [0.3, 0.4) is 0 Å². The largest absolute Gasteiger partial charge is 0.462 e. The van der Waals surface area contributed by atoms with Crippen molar-refractivity contribution in [3.05, 3.63) is 36.0 Å². The van der Waals surface area contributed by atoms with Gasteiger partial charge in [-0.05, 0) is 52.4 Å². The number of fused-ring (bicyclic) bond motifs is 1. The number of cyclic esters (lactones) is 1. The molecule has 3 heterocycles. The minimum Gasteiger partial charge on any atom is -0.462 e. The quantitative estimate of drug-likeness (QED) is 0.530. The van der Waals surface area contributed by atoms with Gasteiger partial charge < -0.3 is 24.1 Å². The van der Waals surface area contributed by atoms with Gasteiger partial charge in [0.1, 0.15) is 12.7 Å². The third kappa shape index (κ3) is 3.29. The molecule has 2 spiro atoms. The molecule has 4 saturated carbocycles. The van der Waals surface area contributed by atoms with E-state index in [9.17, 15) is 14.7 Å². The van der Waals surface area contributed by atoms with Crippen molar-refractivity contribution >= 4 is 11.9 Å². The first kappa shape index (κ1) is 25.3. The monoisotopic (exact) mass is 512 g/mol. The number of rotatable bonds is 1. The van der Waals surface area contributed by atoms with Crippen LogP contribution in [0.2, 0.25) is 0 Å². The number of ether oxygens (including phenoxy) is 4. The summed E-state index contributed by atoms with van der Waals surface area (Å²) in [5, 5.41) is 11.4. The van der Waals surface area contributed by atoms with E-state index in [1.807, 2.05) is 32.9 Å². The molecule has 0 amide bonds. The molecule has 0 aromatic carbocycles. The molecule has 6 fully saturated rings. The standard InChI is InChI=1S/C30H40O7/c1-5-19-8-6-7-9-23(31)37-25-20-15-22-30(20)16-21-26(36-22)29(28(25,30)4,12-11-27(21,3)33)17-35-24(32)14-18(2)10-13-34-19/h6-9,14,19-22,25-26,33H,5,10-13,15-17H2,1-4H3/b8-6+,9-7-,18-14+/t19-,20?,21-,22+,25+,26+,27-,28+,29+,30?/m0/s1. The SMILES string of the molecule is CC[C@H]1/C=C/C=C\C(=O)O[C@@H]2C3C[C@H]4O[C@@H]5[C@@H]6CC34[C@@]2(C)[C@]5(CC[C@]6(C)O)COC(=O)/C=C(\C)CCO1. The number of hydrogen-bond acceptors (Lipinski definition) is 7. The summed E-state index contributed by atoms with van der Waals surface area (Å²) >= 11 is 0. The van der Waals surface area contributed by atoms with E-state index >= 15 is 0 Å². The Hall–Kier alpha value is -1.96. The molecule has 1 N–H and O–H groups in total. The molecule has 4 aliphatic carbocycles. The van der Waals surface area contributed by atoms with E-state index < -0.39 is 11.0 Å². The van der Waals surface area contributed by atoms with Gasteiger partial charge in [0, 0.05) is 40.2 Å². The van der Waals surface area contributed by atoms with E-state index in [4.69, 9.17) is 18.9 Å². The predicted octanol–water partition coefficient (Wildman–Crippen LogP) is 4.04. The average Bonchev–Trinajstić information content (AvgIpc) is 2.84. The fourth-order valence-electron chi connectivity index (χ4n) is 9.18. The molecule has 0 radical (unpaired) electrons. The maximum absolute atomic E-state index is 13.0. The molecule has 0 aromatic heterocycles. The van der Waals surface area contributed by atoms with Gasteiger partial charge in [0.25, 0.3) is 0 Å². The van der Waals surface area contributed by atoms with E-state index in [0.717, 1.165) is 24.8 Å². The normalized spacial score (nSPS) is 54.0. The van der Waals surface area contributed by atoms with Crippen LogP contribution in [0.25, 0.3) is 0 Å². The van der Waals surface area contributed by atoms with Crippen LogP contribution in [0, 0.1) is 28.1 Å². The topological polar surface area (TPSA) is 91.3 Å². The molecular formula is C30H40O7. The first-order valence-corrected chi connectivity index (χ1v) is 14.0. The molecule has 2 unspecified atom stereocenters. The summed E-state index contributed by atoms with van der Waals surface area (Å²) < 4.78 is 24.8. The summed E-state index contributed by atoms with van der Waals surface area (Å²) in [6.07, 6.45) is 12.6. The van der Waals surface area contributed by atoms with Crippen molar-refractivity contribution < 1.29 is 33.6 Å². The minimum absolute atomic E-state index is 0.0208. The fraction of sp³-hybridized carbons (Fsp3) is 0.733. The maximum atomic E-state index is 13.0. The Morgan fingerprint density at radius 3 is 2.68 bits per heavy atom. The summed E-state index contributed by atoms with van der Waals surface area (Å²) in [5.41, 5.74) is -0.963. The van der Waals surface area contributed by atoms with Crippen molar-refractivity contribution in [2.75, 3.05) is 13.2 Å². The van der Waals surface area contributed by atoms with Gasteiger partial charge in [-0.3, -0.25) is 0 Å². The van der Waals surface area contributed by atoms with Crippen LogP contribution in [0.4, 0.5) is 0 Å². The van der Waals surface area contributed by atoms with Crippen molar-refractivity contribution in [3.8, 4) is 0 Å². The first-order valence-electron chi connectivity index (χ1n) is 14.0. The van der Waals surface area contributed by atoms with Crippen LogP contribution in [-0.2, 0) is 28.5 Å². The smallest absolute Gasteiger partial charge is 0.331 e. The van der Waals surface area contributed by atoms with Crippen LogP contribution in [0.15, 0.2) is 36.0 Å². The maximum Gasteiger partial charge on any atom is 0.331 e. The molecule has 4 bridgehead atoms. The Labute approximate surface area is 219 Å². The molecule has 10 atom stereocenters. The summed E-state index contributed by atoms with van der Waals surface area (Å²) in [7, 11) is 0. The van der Waals surface area contributed by atoms with Gasteiger partial charge in [-0.2, -0.15) is 0 Å². The molecule has 7 heteroatoms. The lowest BCUT2D eigenvalue weighted by Gasteiger charge is -2.89. The minimum atomic E-state index is -0.823. The highest BCUT2D eigenvalue weighted by Gasteiger charge is 2.92. The third-order valence-electron chi connectivity index (χ3n) is 11.3. The number of allylic oxidation sites excluding steroid dienone is 2. The van der Waals surface area contributed by atoms with Crippen molar-refractivity contribution in [1.82, 2.24) is 0 Å². The zero-order valence-corrected chi connectivity index (χ0v) is 22.4. The van der Waals surface area contributed by atoms with Crippen molar-refractivity contribution in [2.45, 2.75) is 96.2 Å². The van der Waals surface area contributed by atoms with Gasteiger partial charge in [0.15, 0.2) is 0 Å². The predicted molar refractivity (Wildman–Crippen MR) is 135 cm³/mol. The summed E-state index contributed by atoms with van der Waals surface area (Å²) in [5.74, 6) is -0.535. The number of esters is 2. The second kappa shape index (κ2) is 8.52. The molecule has 3 aliphatic heterocycles. The van der Waals surface area contributed by atoms with E-state index in [-0.39, 0.29) is 65.6 Å².